The Morgan fingerprint density at radius 3 is 1.76 bits per heavy atom. The fraction of sp³-hybridized carbons (Fsp3) is 0.269. The Hall–Kier alpha value is -2.86. The van der Waals surface area contributed by atoms with Crippen molar-refractivity contribution in [3.63, 3.8) is 0 Å². The number of methoxy groups -OCH3 is 1. The topological polar surface area (TPSA) is 90.7 Å². The molecule has 3 rings (SSSR count). The van der Waals surface area contributed by atoms with Crippen LogP contribution in [-0.4, -0.2) is 26.4 Å². The molecule has 0 aliphatic heterocycles. The van der Waals surface area contributed by atoms with E-state index in [4.69, 9.17) is 48.0 Å². The Kier molecular flexibility index (Phi) is 13.6. The van der Waals surface area contributed by atoms with Crippen molar-refractivity contribution in [3.8, 4) is 11.5 Å². The van der Waals surface area contributed by atoms with Crippen LogP contribution in [-0.2, 0) is 9.59 Å². The van der Waals surface area contributed by atoms with Gasteiger partial charge in [-0.1, -0.05) is 53.5 Å². The summed E-state index contributed by atoms with van der Waals surface area (Å²) in [7, 11) is 3.55. The molecule has 0 heterocycles. The van der Waals surface area contributed by atoms with E-state index >= 15 is 0 Å². The van der Waals surface area contributed by atoms with Gasteiger partial charge in [-0.15, -0.1) is 0 Å². The lowest BCUT2D eigenvalue weighted by Crippen LogP contribution is -2.29. The number of nitrogens with two attached hydrogens (primary N) is 1. The van der Waals surface area contributed by atoms with Crippen molar-refractivity contribution in [3.05, 3.63) is 94.0 Å². The van der Waals surface area contributed by atoms with Gasteiger partial charge in [-0.3, -0.25) is 0 Å². The maximum absolute atomic E-state index is 8.12. The molecule has 3 N–H and O–H groups in total. The van der Waals surface area contributed by atoms with Crippen molar-refractivity contribution >= 4 is 29.4 Å². The number of likely N-dealkylation sites (N-methyl/N-ethyl adjacent to an activating group) is 1. The van der Waals surface area contributed by atoms with Crippen LogP contribution < -0.4 is 20.5 Å². The van der Waals surface area contributed by atoms with E-state index in [1.807, 2.05) is 93.7 Å². The number of rotatable bonds is 7. The van der Waals surface area contributed by atoms with Crippen molar-refractivity contribution in [2.45, 2.75) is 32.0 Å². The Morgan fingerprint density at radius 1 is 0.853 bits per heavy atom. The van der Waals surface area contributed by atoms with Crippen LogP contribution in [0.25, 0.3) is 0 Å². The fourth-order valence-electron chi connectivity index (χ4n) is 3.05. The Balaban J connectivity index is 0.000000330. The summed E-state index contributed by atoms with van der Waals surface area (Å²) in [6, 6.07) is 22.8. The number of benzene rings is 3. The van der Waals surface area contributed by atoms with Crippen LogP contribution in [0, 0.1) is 0 Å². The number of nitrogens with one attached hydrogen (secondary N) is 1. The molecule has 2 atom stereocenters. The second kappa shape index (κ2) is 15.9. The summed E-state index contributed by atoms with van der Waals surface area (Å²) >= 11 is 11.8. The zero-order chi connectivity index (χ0) is 25.5. The van der Waals surface area contributed by atoms with E-state index in [-0.39, 0.29) is 24.3 Å². The van der Waals surface area contributed by atoms with E-state index in [1.54, 1.807) is 7.11 Å². The zero-order valence-electron chi connectivity index (χ0n) is 19.6. The molecule has 182 valence electrons. The molecule has 0 saturated heterocycles. The van der Waals surface area contributed by atoms with E-state index in [9.17, 15) is 0 Å². The summed E-state index contributed by atoms with van der Waals surface area (Å²) in [5.74, 6) is 1.68. The van der Waals surface area contributed by atoms with Crippen LogP contribution >= 0.6 is 23.2 Å². The number of carbonyl (C=O) groups excluding carboxylic acids is 2. The highest BCUT2D eigenvalue weighted by atomic mass is 35.5. The smallest absolute Gasteiger partial charge is 0.373 e. The Bertz CT molecular complexity index is 1010. The van der Waals surface area contributed by atoms with E-state index in [0.29, 0.717) is 5.02 Å². The van der Waals surface area contributed by atoms with E-state index in [0.717, 1.165) is 27.6 Å². The molecule has 0 radical (unpaired) electrons. The second-order valence-electron chi connectivity index (χ2n) is 7.32. The van der Waals surface area contributed by atoms with Gasteiger partial charge in [0.15, 0.2) is 0 Å². The third kappa shape index (κ3) is 10.4. The molecule has 0 fully saturated rings. The average Bonchev–Trinajstić information content (AvgIpc) is 2.82. The van der Waals surface area contributed by atoms with Crippen LogP contribution in [0.3, 0.4) is 0 Å². The monoisotopic (exact) mass is 504 g/mol. The van der Waals surface area contributed by atoms with Crippen LogP contribution in [0.15, 0.2) is 72.8 Å². The number of hydrogen-bond donors (Lipinski definition) is 2. The van der Waals surface area contributed by atoms with Crippen LogP contribution in [0.5, 0.6) is 11.5 Å². The van der Waals surface area contributed by atoms with Gasteiger partial charge in [-0.2, -0.15) is 9.59 Å². The molecule has 0 aliphatic rings. The van der Waals surface area contributed by atoms with E-state index in [2.05, 4.69) is 5.32 Å². The normalized spacial score (nSPS) is 11.6. The highest BCUT2D eigenvalue weighted by Crippen LogP contribution is 2.28. The largest absolute Gasteiger partial charge is 0.497 e. The fourth-order valence-corrected chi connectivity index (χ4v) is 3.30. The van der Waals surface area contributed by atoms with E-state index in [1.165, 1.54) is 0 Å². The zero-order valence-corrected chi connectivity index (χ0v) is 21.1. The lowest BCUT2D eigenvalue weighted by Gasteiger charge is -2.24. The van der Waals surface area contributed by atoms with Crippen molar-refractivity contribution in [2.75, 3.05) is 14.2 Å². The molecular weight excluding hydrogens is 475 g/mol. The standard InChI is InChI=1S/C15H16Cl2N2.C10H14O2.CO2/c1-19-15(11-4-8-13(17)9-5-11)14(18)10-2-6-12(16)7-3-10;1-8(2)12-10-6-4-5-9(7-10)11-3;2-1-3/h2-9,14-15,19H,18H2,1H3;4-8H,1-3H3;/t14-,15+;;/m0../s1. The minimum absolute atomic E-state index is 0.0263. The van der Waals surface area contributed by atoms with Crippen molar-refractivity contribution in [1.82, 2.24) is 5.32 Å². The van der Waals surface area contributed by atoms with Gasteiger partial charge in [-0.25, -0.2) is 0 Å². The predicted octanol–water partition coefficient (Wildman–Crippen LogP) is 5.85. The quantitative estimate of drug-likeness (QED) is 0.419. The Morgan fingerprint density at radius 2 is 1.32 bits per heavy atom. The van der Waals surface area contributed by atoms with Crippen LogP contribution in [0.1, 0.15) is 37.1 Å². The Labute approximate surface area is 211 Å². The average molecular weight is 505 g/mol. The van der Waals surface area contributed by atoms with Crippen molar-refractivity contribution in [1.29, 1.82) is 0 Å². The van der Waals surface area contributed by atoms with Gasteiger partial charge in [0.05, 0.1) is 19.3 Å². The summed E-state index contributed by atoms with van der Waals surface area (Å²) in [6.45, 7) is 4.00. The number of ether oxygens (including phenoxy) is 2. The SMILES string of the molecule is CN[C@H](c1ccc(Cl)cc1)[C@@H](N)c1ccc(Cl)cc1.COc1cccc(OC(C)C)c1.O=C=O. The molecule has 6 nitrogen and oxygen atoms in total. The number of halogens is 2. The van der Waals surface area contributed by atoms with Crippen molar-refractivity contribution in [2.24, 2.45) is 5.73 Å². The molecule has 0 saturated carbocycles. The number of hydrogen-bond acceptors (Lipinski definition) is 6. The summed E-state index contributed by atoms with van der Waals surface area (Å²) in [5.41, 5.74) is 8.48. The molecule has 0 spiro atoms. The first-order valence-corrected chi connectivity index (χ1v) is 11.2. The van der Waals surface area contributed by atoms with Gasteiger partial charge >= 0.3 is 6.15 Å². The summed E-state index contributed by atoms with van der Waals surface area (Å²) in [4.78, 5) is 16.2. The molecule has 0 unspecified atom stereocenters. The van der Waals surface area contributed by atoms with Crippen molar-refractivity contribution < 1.29 is 19.1 Å². The maximum atomic E-state index is 8.12. The minimum atomic E-state index is -0.150. The van der Waals surface area contributed by atoms with Gasteiger partial charge in [0, 0.05) is 22.2 Å². The highest BCUT2D eigenvalue weighted by molar-refractivity contribution is 6.30. The van der Waals surface area contributed by atoms with Gasteiger partial charge in [0.1, 0.15) is 11.5 Å². The van der Waals surface area contributed by atoms with Gasteiger partial charge < -0.3 is 20.5 Å². The molecule has 3 aromatic rings. The third-order valence-corrected chi connectivity index (χ3v) is 5.07. The first-order chi connectivity index (χ1) is 16.2. The summed E-state index contributed by atoms with van der Waals surface area (Å²) in [5, 5.41) is 4.68. The maximum Gasteiger partial charge on any atom is 0.373 e. The first kappa shape index (κ1) is 29.2. The predicted molar refractivity (Wildman–Crippen MR) is 135 cm³/mol. The molecule has 0 aromatic heterocycles. The first-order valence-electron chi connectivity index (χ1n) is 10.5. The van der Waals surface area contributed by atoms with Crippen LogP contribution in [0.2, 0.25) is 10.0 Å². The van der Waals surface area contributed by atoms with Crippen LogP contribution in [0.4, 0.5) is 0 Å². The molecule has 0 bridgehead atoms. The molecule has 3 aromatic carbocycles. The lowest BCUT2D eigenvalue weighted by molar-refractivity contribution is -0.191. The molecule has 0 amide bonds. The van der Waals surface area contributed by atoms with E-state index < -0.39 is 0 Å². The second-order valence-corrected chi connectivity index (χ2v) is 8.20. The molecule has 0 aliphatic carbocycles. The summed E-state index contributed by atoms with van der Waals surface area (Å²) < 4.78 is 10.5. The highest BCUT2D eigenvalue weighted by Gasteiger charge is 2.19. The van der Waals surface area contributed by atoms with Gasteiger partial charge in [-0.05, 0) is 68.4 Å². The molecular formula is C26H30Cl2N2O4. The summed E-state index contributed by atoms with van der Waals surface area (Å²) in [6.07, 6.45) is 0.456. The molecule has 34 heavy (non-hydrogen) atoms. The third-order valence-electron chi connectivity index (χ3n) is 4.57. The lowest BCUT2D eigenvalue weighted by atomic mass is 9.94. The van der Waals surface area contributed by atoms with Gasteiger partial charge in [0.2, 0.25) is 0 Å². The molecule has 8 heteroatoms. The minimum Gasteiger partial charge on any atom is -0.497 e. The van der Waals surface area contributed by atoms with Gasteiger partial charge in [0.25, 0.3) is 0 Å².